The first-order valence-electron chi connectivity index (χ1n) is 7.38. The number of hydrogen-bond donors (Lipinski definition) is 0. The van der Waals surface area contributed by atoms with Gasteiger partial charge in [-0.05, 0) is 67.0 Å². The third-order valence-electron chi connectivity index (χ3n) is 3.74. The molecule has 1 heteroatoms. The predicted octanol–water partition coefficient (Wildman–Crippen LogP) is 4.49. The summed E-state index contributed by atoms with van der Waals surface area (Å²) in [5.74, 6) is 1.22. The van der Waals surface area contributed by atoms with Gasteiger partial charge in [-0.3, -0.25) is 4.79 Å². The van der Waals surface area contributed by atoms with E-state index in [2.05, 4.69) is 31.1 Å². The Morgan fingerprint density at radius 2 is 1.55 bits per heavy atom. The maximum absolute atomic E-state index is 11.4. The molecule has 1 aromatic rings. The summed E-state index contributed by atoms with van der Waals surface area (Å²) in [5.41, 5.74) is 4.53. The topological polar surface area (TPSA) is 17.1 Å². The molecular weight excluding hydrogens is 268 g/mol. The molecule has 0 N–H and O–H groups in total. The first-order valence-corrected chi connectivity index (χ1v) is 7.38. The maximum Gasteiger partial charge on any atom is 0.178 e. The van der Waals surface area contributed by atoms with Gasteiger partial charge >= 0.3 is 0 Å². The van der Waals surface area contributed by atoms with Gasteiger partial charge in [0.25, 0.3) is 0 Å². The van der Waals surface area contributed by atoms with Crippen LogP contribution in [0.1, 0.15) is 12.5 Å². The molecule has 0 bridgehead atoms. The summed E-state index contributed by atoms with van der Waals surface area (Å²) in [6.45, 7) is 2.05. The maximum atomic E-state index is 11.4. The molecule has 107 valence electrons. The smallest absolute Gasteiger partial charge is 0.178 e. The fraction of sp³-hybridized carbons (Fsp3) is 0.0476. The zero-order valence-electron chi connectivity index (χ0n) is 12.5. The Labute approximate surface area is 132 Å². The number of carbonyl (C=O) groups is 1. The van der Waals surface area contributed by atoms with Crippen molar-refractivity contribution in [2.75, 3.05) is 0 Å². The first kappa shape index (κ1) is 14.8. The average Bonchev–Trinajstić information content (AvgIpc) is 3.08. The van der Waals surface area contributed by atoms with Crippen LogP contribution in [0.3, 0.4) is 0 Å². The zero-order valence-corrected chi connectivity index (χ0v) is 12.5. The normalized spacial score (nSPS) is 19.0. The molecule has 0 amide bonds. The van der Waals surface area contributed by atoms with Crippen molar-refractivity contribution in [2.45, 2.75) is 6.92 Å². The lowest BCUT2D eigenvalue weighted by atomic mass is 9.83. The van der Waals surface area contributed by atoms with E-state index in [1.54, 1.807) is 12.2 Å². The lowest BCUT2D eigenvalue weighted by molar-refractivity contribution is -0.110. The van der Waals surface area contributed by atoms with Gasteiger partial charge in [0.05, 0.1) is 0 Å². The van der Waals surface area contributed by atoms with Crippen LogP contribution in [0.4, 0.5) is 0 Å². The van der Waals surface area contributed by atoms with Gasteiger partial charge < -0.3 is 0 Å². The minimum absolute atomic E-state index is 0.0338. The van der Waals surface area contributed by atoms with E-state index in [0.29, 0.717) is 0 Å². The van der Waals surface area contributed by atoms with Crippen molar-refractivity contribution < 1.29 is 4.79 Å². The minimum Gasteiger partial charge on any atom is -0.290 e. The first-order chi connectivity index (χ1) is 10.8. The van der Waals surface area contributed by atoms with Gasteiger partial charge in [-0.25, -0.2) is 0 Å². The Bertz CT molecular complexity index is 647. The lowest BCUT2D eigenvalue weighted by Gasteiger charge is -2.20. The highest BCUT2D eigenvalue weighted by Crippen LogP contribution is 2.40. The van der Waals surface area contributed by atoms with Crippen molar-refractivity contribution in [3.63, 3.8) is 0 Å². The number of carbonyl (C=O) groups excluding carboxylic acids is 1. The summed E-state index contributed by atoms with van der Waals surface area (Å²) >= 11 is 0. The molecule has 0 aromatic heterocycles. The monoisotopic (exact) mass is 285 g/mol. The van der Waals surface area contributed by atoms with Crippen LogP contribution < -0.4 is 0 Å². The van der Waals surface area contributed by atoms with E-state index in [1.807, 2.05) is 50.1 Å². The molecule has 0 unspecified atom stereocenters. The summed E-state index contributed by atoms with van der Waals surface area (Å²) in [6.07, 6.45) is 17.5. The fourth-order valence-electron chi connectivity index (χ4n) is 2.71. The van der Waals surface area contributed by atoms with Gasteiger partial charge in [0.15, 0.2) is 5.78 Å². The summed E-state index contributed by atoms with van der Waals surface area (Å²) in [5, 5.41) is 0. The highest BCUT2D eigenvalue weighted by Gasteiger charge is 2.25. The summed E-state index contributed by atoms with van der Waals surface area (Å²) in [7, 11) is 0. The van der Waals surface area contributed by atoms with Crippen molar-refractivity contribution in [3.8, 4) is 0 Å². The van der Waals surface area contributed by atoms with Gasteiger partial charge in [-0.2, -0.15) is 0 Å². The van der Waals surface area contributed by atoms with Gasteiger partial charge in [0, 0.05) is 5.92 Å². The number of benzene rings is 1. The Morgan fingerprint density at radius 1 is 0.909 bits per heavy atom. The quantitative estimate of drug-likeness (QED) is 0.800. The number of hydrogen-bond acceptors (Lipinski definition) is 1. The molecule has 1 fully saturated rings. The van der Waals surface area contributed by atoms with Crippen molar-refractivity contribution in [1.29, 1.82) is 0 Å². The highest BCUT2D eigenvalue weighted by molar-refractivity contribution is 6.03. The van der Waals surface area contributed by atoms with Crippen LogP contribution in [0.25, 0.3) is 5.57 Å². The van der Waals surface area contributed by atoms with Crippen LogP contribution in [0.15, 0.2) is 71.9 Å². The molecule has 1 nitrogen and oxygen atoms in total. The largest absolute Gasteiger partial charge is 0.290 e. The van der Waals surface area contributed by atoms with E-state index in [4.69, 9.17) is 0 Å². The molecule has 22 heavy (non-hydrogen) atoms. The average molecular weight is 285 g/mol. The standard InChI is InChI=1S/C21H17O/c1-2-20(16-8-6-7-9-16)21(17-10-4-3-5-11-17)18-12-14-19(22)15-13-18/h2-15H,1H3/b20-2-. The molecule has 0 heterocycles. The van der Waals surface area contributed by atoms with Crippen molar-refractivity contribution in [1.82, 2.24) is 0 Å². The predicted molar refractivity (Wildman–Crippen MR) is 90.8 cm³/mol. The molecule has 2 aliphatic rings. The second-order valence-corrected chi connectivity index (χ2v) is 5.14. The van der Waals surface area contributed by atoms with Crippen LogP contribution in [-0.4, -0.2) is 5.78 Å². The highest BCUT2D eigenvalue weighted by atomic mass is 16.1. The third kappa shape index (κ3) is 3.04. The van der Waals surface area contributed by atoms with Crippen LogP contribution in [0, 0.1) is 31.6 Å². The Hall–Kier alpha value is -2.15. The number of allylic oxidation sites excluding steroid dienone is 8. The van der Waals surface area contributed by atoms with Crippen molar-refractivity contribution in [3.05, 3.63) is 109 Å². The van der Waals surface area contributed by atoms with E-state index >= 15 is 0 Å². The molecule has 0 atom stereocenters. The van der Waals surface area contributed by atoms with E-state index in [0.717, 1.165) is 16.7 Å². The van der Waals surface area contributed by atoms with E-state index < -0.39 is 0 Å². The Kier molecular flexibility index (Phi) is 4.53. The molecule has 0 spiro atoms. The minimum atomic E-state index is 0.0338. The third-order valence-corrected chi connectivity index (χ3v) is 3.74. The second-order valence-electron chi connectivity index (χ2n) is 5.14. The number of rotatable bonds is 3. The van der Waals surface area contributed by atoms with Gasteiger partial charge in [0.2, 0.25) is 0 Å². The molecule has 5 radical (unpaired) electrons. The second kappa shape index (κ2) is 6.74. The molecular formula is C21H17O. The summed E-state index contributed by atoms with van der Waals surface area (Å²) < 4.78 is 0. The van der Waals surface area contributed by atoms with Gasteiger partial charge in [-0.1, -0.05) is 48.6 Å². The van der Waals surface area contributed by atoms with Gasteiger partial charge in [0.1, 0.15) is 0 Å². The SMILES string of the molecule is C/C=C(/[C]1[CH][CH][CH][CH]1)C(=C1C=CC(=O)C=C1)c1ccccc1. The Morgan fingerprint density at radius 3 is 2.14 bits per heavy atom. The van der Waals surface area contributed by atoms with E-state index in [-0.39, 0.29) is 5.78 Å². The van der Waals surface area contributed by atoms with Crippen molar-refractivity contribution >= 4 is 11.4 Å². The summed E-state index contributed by atoms with van der Waals surface area (Å²) in [6, 6.07) is 10.3. The zero-order chi connectivity index (χ0) is 15.4. The Balaban J connectivity index is 2.11. The molecule has 1 aromatic carbocycles. The molecule has 2 aliphatic carbocycles. The van der Waals surface area contributed by atoms with Crippen LogP contribution in [0.5, 0.6) is 0 Å². The molecule has 3 rings (SSSR count). The summed E-state index contributed by atoms with van der Waals surface area (Å²) in [4.78, 5) is 11.4. The van der Waals surface area contributed by atoms with Crippen LogP contribution >= 0.6 is 0 Å². The lowest BCUT2D eigenvalue weighted by Crippen LogP contribution is -2.04. The van der Waals surface area contributed by atoms with E-state index in [9.17, 15) is 4.79 Å². The van der Waals surface area contributed by atoms with E-state index in [1.165, 1.54) is 11.5 Å². The van der Waals surface area contributed by atoms with Gasteiger partial charge in [-0.15, -0.1) is 0 Å². The molecule has 0 aliphatic heterocycles. The van der Waals surface area contributed by atoms with Crippen LogP contribution in [0.2, 0.25) is 0 Å². The molecule has 1 saturated carbocycles. The number of ketones is 1. The van der Waals surface area contributed by atoms with Crippen molar-refractivity contribution in [2.24, 2.45) is 0 Å². The fourth-order valence-corrected chi connectivity index (χ4v) is 2.71. The molecule has 0 saturated heterocycles. The van der Waals surface area contributed by atoms with Crippen LogP contribution in [-0.2, 0) is 4.79 Å².